The molecular formula is C68H53BN2. The molecule has 0 unspecified atom stereocenters. The maximum absolute atomic E-state index is 2.72. The number of aryl methyl sites for hydroxylation is 4. The van der Waals surface area contributed by atoms with Crippen LogP contribution in [0.4, 0.5) is 0 Å². The Morgan fingerprint density at radius 3 is 1.35 bits per heavy atom. The Hall–Kier alpha value is -8.14. The summed E-state index contributed by atoms with van der Waals surface area (Å²) in [5.41, 5.74) is 30.3. The third-order valence-electron chi connectivity index (χ3n) is 15.9. The van der Waals surface area contributed by atoms with E-state index in [9.17, 15) is 0 Å². The second-order valence-electron chi connectivity index (χ2n) is 21.7. The lowest BCUT2D eigenvalue weighted by atomic mass is 9.45. The zero-order valence-corrected chi connectivity index (χ0v) is 41.4. The van der Waals surface area contributed by atoms with Gasteiger partial charge in [0, 0.05) is 49.4 Å². The van der Waals surface area contributed by atoms with E-state index in [1.807, 2.05) is 0 Å². The topological polar surface area (TPSA) is 9.86 Å². The van der Waals surface area contributed by atoms with Crippen molar-refractivity contribution < 1.29 is 0 Å². The number of hydrogen-bond acceptors (Lipinski definition) is 0. The lowest BCUT2D eigenvalue weighted by molar-refractivity contribution is 0.590. The molecule has 2 aliphatic rings. The molecule has 12 aromatic rings. The number of nitrogens with zero attached hydrogens (tertiary/aromatic N) is 2. The van der Waals surface area contributed by atoms with Gasteiger partial charge >= 0.3 is 6.85 Å². The molecule has 2 aliphatic heterocycles. The first-order valence-corrected chi connectivity index (χ1v) is 25.3. The summed E-state index contributed by atoms with van der Waals surface area (Å²) in [6.45, 7) is 15.5. The van der Waals surface area contributed by atoms with Crippen LogP contribution in [-0.2, 0) is 5.41 Å². The van der Waals surface area contributed by atoms with E-state index in [4.69, 9.17) is 0 Å². The van der Waals surface area contributed by atoms with Gasteiger partial charge in [0.15, 0.2) is 0 Å². The van der Waals surface area contributed by atoms with E-state index in [1.165, 1.54) is 155 Å². The number of rotatable bonds is 5. The Kier molecular flexibility index (Phi) is 8.94. The summed E-state index contributed by atoms with van der Waals surface area (Å²) in [5, 5.41) is 5.12. The van der Waals surface area contributed by atoms with Crippen LogP contribution in [0.15, 0.2) is 194 Å². The molecule has 0 spiro atoms. The standard InChI is InChI=1S/C68H53BN2/c1-40-11-19-44(20-12-40)49-29-32-62-56(33-49)58-36-51(46-23-15-42(3)16-24-46)35-57-54-9-8-10-63-64(54)69(71(62)66(57)58)61-39-52(47-25-17-43(4)18-26-47)38-60-59-37-50(45-21-13-41(2)14-22-45)34-55(65(59)70(63)67(60)61)48-27-30-53(31-28-48)68(5,6)7/h8-39H,1-7H3. The Balaban J connectivity index is 1.14. The zero-order chi connectivity index (χ0) is 48.0. The number of benzene rings is 10. The van der Waals surface area contributed by atoms with E-state index in [0.29, 0.717) is 0 Å². The highest BCUT2D eigenvalue weighted by Gasteiger charge is 2.42. The molecule has 0 N–H and O–H groups in total. The molecule has 338 valence electrons. The van der Waals surface area contributed by atoms with E-state index in [2.05, 4.69) is 252 Å². The SMILES string of the molecule is Cc1ccc(-c2ccc3c(c2)c2cc(-c4ccc(C)cc4)cc4c2n3B2c3c-4cccc3-n3c4c2cc(-c2ccc(C)cc2)cc4c2cc(-c4ccc(C)cc4)cc(-c4ccc(C(C)(C)C)cc4)c23)cc1. The van der Waals surface area contributed by atoms with Gasteiger partial charge in [0.1, 0.15) is 0 Å². The molecule has 10 aromatic carbocycles. The van der Waals surface area contributed by atoms with Crippen LogP contribution in [0.25, 0.3) is 116 Å². The molecule has 0 saturated carbocycles. The summed E-state index contributed by atoms with van der Waals surface area (Å²) in [5.74, 6) is 0. The molecule has 4 heterocycles. The zero-order valence-electron chi connectivity index (χ0n) is 41.4. The van der Waals surface area contributed by atoms with Crippen LogP contribution in [0.5, 0.6) is 0 Å². The van der Waals surface area contributed by atoms with Gasteiger partial charge in [0.25, 0.3) is 0 Å². The van der Waals surface area contributed by atoms with Crippen molar-refractivity contribution >= 4 is 61.4 Å². The molecule has 0 fully saturated rings. The van der Waals surface area contributed by atoms with Crippen LogP contribution in [0, 0.1) is 27.7 Å². The molecule has 0 aliphatic carbocycles. The first-order chi connectivity index (χ1) is 34.4. The Morgan fingerprint density at radius 1 is 0.352 bits per heavy atom. The average Bonchev–Trinajstić information content (AvgIpc) is 3.90. The summed E-state index contributed by atoms with van der Waals surface area (Å²) in [6, 6.07) is 74.9. The van der Waals surface area contributed by atoms with Crippen LogP contribution in [0.3, 0.4) is 0 Å². The van der Waals surface area contributed by atoms with E-state index in [0.717, 1.165) is 0 Å². The molecule has 71 heavy (non-hydrogen) atoms. The van der Waals surface area contributed by atoms with Gasteiger partial charge in [-0.15, -0.1) is 0 Å². The van der Waals surface area contributed by atoms with Gasteiger partial charge in [0.2, 0.25) is 0 Å². The quantitative estimate of drug-likeness (QED) is 0.152. The van der Waals surface area contributed by atoms with E-state index >= 15 is 0 Å². The van der Waals surface area contributed by atoms with E-state index < -0.39 is 0 Å². The molecule has 0 bridgehead atoms. The van der Waals surface area contributed by atoms with Crippen molar-refractivity contribution in [2.45, 2.75) is 53.9 Å². The molecule has 0 atom stereocenters. The number of fused-ring (bicyclic) bond motifs is 10. The molecule has 0 radical (unpaired) electrons. The second kappa shape index (κ2) is 15.2. The molecule has 2 aromatic heterocycles. The fourth-order valence-corrected chi connectivity index (χ4v) is 12.1. The van der Waals surface area contributed by atoms with Crippen molar-refractivity contribution in [2.75, 3.05) is 0 Å². The molecule has 14 rings (SSSR count). The van der Waals surface area contributed by atoms with Gasteiger partial charge in [-0.3, -0.25) is 0 Å². The Morgan fingerprint density at radius 2 is 0.803 bits per heavy atom. The molecule has 0 amide bonds. The fourth-order valence-electron chi connectivity index (χ4n) is 12.1. The number of hydrogen-bond donors (Lipinski definition) is 0. The van der Waals surface area contributed by atoms with Crippen molar-refractivity contribution in [2.24, 2.45) is 0 Å². The highest BCUT2D eigenvalue weighted by molar-refractivity contribution is 6.90. The van der Waals surface area contributed by atoms with E-state index in [1.54, 1.807) is 0 Å². The maximum Gasteiger partial charge on any atom is 0.333 e. The second-order valence-corrected chi connectivity index (χ2v) is 21.7. The van der Waals surface area contributed by atoms with Crippen molar-refractivity contribution in [3.8, 4) is 72.4 Å². The lowest BCUT2D eigenvalue weighted by Gasteiger charge is -2.34. The fraction of sp³-hybridized carbons (Fsp3) is 0.118. The van der Waals surface area contributed by atoms with Crippen LogP contribution in [0.1, 0.15) is 48.6 Å². The van der Waals surface area contributed by atoms with E-state index in [-0.39, 0.29) is 12.3 Å². The third kappa shape index (κ3) is 6.35. The maximum atomic E-state index is 2.72. The average molecular weight is 909 g/mol. The summed E-state index contributed by atoms with van der Waals surface area (Å²) < 4.78 is 5.38. The molecule has 0 saturated heterocycles. The Bertz CT molecular complexity index is 4180. The van der Waals surface area contributed by atoms with Crippen molar-refractivity contribution in [1.29, 1.82) is 0 Å². The van der Waals surface area contributed by atoms with Crippen LogP contribution < -0.4 is 10.9 Å². The largest absolute Gasteiger partial charge is 0.375 e. The highest BCUT2D eigenvalue weighted by Crippen LogP contribution is 2.48. The van der Waals surface area contributed by atoms with Gasteiger partial charge < -0.3 is 9.05 Å². The normalized spacial score (nSPS) is 12.7. The molecular weight excluding hydrogens is 856 g/mol. The summed E-state index contributed by atoms with van der Waals surface area (Å²) in [4.78, 5) is 0. The molecule has 2 nitrogen and oxygen atoms in total. The molecule has 3 heteroatoms. The monoisotopic (exact) mass is 908 g/mol. The third-order valence-corrected chi connectivity index (χ3v) is 15.9. The van der Waals surface area contributed by atoms with Crippen LogP contribution in [-0.4, -0.2) is 15.9 Å². The van der Waals surface area contributed by atoms with Gasteiger partial charge in [-0.05, 0) is 154 Å². The van der Waals surface area contributed by atoms with Gasteiger partial charge in [-0.2, -0.15) is 0 Å². The minimum Gasteiger partial charge on any atom is -0.375 e. The first-order valence-electron chi connectivity index (χ1n) is 25.3. The summed E-state index contributed by atoms with van der Waals surface area (Å²) in [7, 11) is 0. The first kappa shape index (κ1) is 41.8. The van der Waals surface area contributed by atoms with Crippen LogP contribution in [0.2, 0.25) is 0 Å². The Labute approximate surface area is 416 Å². The summed E-state index contributed by atoms with van der Waals surface area (Å²) in [6.07, 6.45) is 0. The van der Waals surface area contributed by atoms with Gasteiger partial charge in [0.05, 0.1) is 11.0 Å². The van der Waals surface area contributed by atoms with Gasteiger partial charge in [-0.25, -0.2) is 0 Å². The van der Waals surface area contributed by atoms with Crippen molar-refractivity contribution in [3.05, 3.63) is 222 Å². The highest BCUT2D eigenvalue weighted by atomic mass is 15.0. The van der Waals surface area contributed by atoms with Crippen molar-refractivity contribution in [3.63, 3.8) is 0 Å². The van der Waals surface area contributed by atoms with Crippen LogP contribution >= 0.6 is 0 Å². The minimum absolute atomic E-state index is 0.0403. The van der Waals surface area contributed by atoms with Crippen molar-refractivity contribution in [1.82, 2.24) is 9.05 Å². The smallest absolute Gasteiger partial charge is 0.333 e. The minimum atomic E-state index is -0.0834. The lowest BCUT2D eigenvalue weighted by Crippen LogP contribution is -2.55. The summed E-state index contributed by atoms with van der Waals surface area (Å²) >= 11 is 0. The predicted octanol–water partition coefficient (Wildman–Crippen LogP) is 16.7. The predicted molar refractivity (Wildman–Crippen MR) is 304 cm³/mol. The number of aromatic nitrogens is 2. The van der Waals surface area contributed by atoms with Gasteiger partial charge in [-0.1, -0.05) is 189 Å².